The largest absolute Gasteiger partial charge is 0.586 e. The van der Waals surface area contributed by atoms with Crippen LogP contribution in [0.2, 0.25) is 0 Å². The van der Waals surface area contributed by atoms with Crippen molar-refractivity contribution in [2.45, 2.75) is 24.7 Å². The number of rotatable bonds is 6. The SMILES string of the molecule is CCS(=O)(=O)c1nn2c(C(=O)NCC(F)F)ccnc2c1-c1nc2cc3c(cc2n1C)OC(F)(F)O3. The summed E-state index contributed by atoms with van der Waals surface area (Å²) in [5.41, 5.74) is 0.0944. The summed E-state index contributed by atoms with van der Waals surface area (Å²) < 4.78 is 89.3. The van der Waals surface area contributed by atoms with Gasteiger partial charge in [0.2, 0.25) is 0 Å². The lowest BCUT2D eigenvalue weighted by atomic mass is 10.3. The molecule has 5 rings (SSSR count). The molecule has 0 saturated heterocycles. The summed E-state index contributed by atoms with van der Waals surface area (Å²) in [4.78, 5) is 21.1. The molecule has 1 aliphatic heterocycles. The lowest BCUT2D eigenvalue weighted by molar-refractivity contribution is -0.286. The molecule has 4 aromatic rings. The lowest BCUT2D eigenvalue weighted by Crippen LogP contribution is -2.30. The molecule has 0 bridgehead atoms. The Labute approximate surface area is 199 Å². The number of sulfone groups is 1. The summed E-state index contributed by atoms with van der Waals surface area (Å²) in [5, 5.41) is 5.68. The second-order valence-corrected chi connectivity index (χ2v) is 9.89. The summed E-state index contributed by atoms with van der Waals surface area (Å²) in [6.45, 7) is 0.469. The number of ether oxygens (including phenoxy) is 2. The molecule has 0 radical (unpaired) electrons. The van der Waals surface area contributed by atoms with E-state index in [0.717, 1.165) is 4.52 Å². The molecule has 1 aromatic carbocycles. The van der Waals surface area contributed by atoms with Gasteiger partial charge < -0.3 is 19.4 Å². The molecule has 3 aromatic heterocycles. The number of benzene rings is 1. The number of amides is 1. The Balaban J connectivity index is 1.74. The van der Waals surface area contributed by atoms with Crippen molar-refractivity contribution in [1.29, 1.82) is 0 Å². The van der Waals surface area contributed by atoms with Gasteiger partial charge in [0.25, 0.3) is 12.3 Å². The molecule has 36 heavy (non-hydrogen) atoms. The van der Waals surface area contributed by atoms with Crippen molar-refractivity contribution < 1.29 is 40.2 Å². The summed E-state index contributed by atoms with van der Waals surface area (Å²) >= 11 is 0. The maximum atomic E-state index is 13.5. The minimum atomic E-state index is -4.01. The highest BCUT2D eigenvalue weighted by Crippen LogP contribution is 2.44. The molecule has 0 spiro atoms. The van der Waals surface area contributed by atoms with Crippen LogP contribution in [0, 0.1) is 0 Å². The van der Waals surface area contributed by atoms with E-state index in [4.69, 9.17) is 0 Å². The van der Waals surface area contributed by atoms with Gasteiger partial charge in [-0.05, 0) is 6.07 Å². The second kappa shape index (κ2) is 8.04. The Morgan fingerprint density at radius 2 is 1.92 bits per heavy atom. The number of hydrogen-bond acceptors (Lipinski definition) is 8. The van der Waals surface area contributed by atoms with Crippen LogP contribution in [-0.4, -0.2) is 63.5 Å². The third-order valence-corrected chi connectivity index (χ3v) is 7.07. The number of carbonyl (C=O) groups is 1. The molecule has 0 saturated carbocycles. The second-order valence-electron chi connectivity index (χ2n) is 7.70. The van der Waals surface area contributed by atoms with Gasteiger partial charge in [-0.1, -0.05) is 6.92 Å². The monoisotopic (exact) mass is 528 g/mol. The summed E-state index contributed by atoms with van der Waals surface area (Å²) in [7, 11) is -2.50. The third-order valence-electron chi connectivity index (χ3n) is 5.44. The number of nitrogens with one attached hydrogen (secondary N) is 1. The molecule has 0 unspecified atom stereocenters. The predicted octanol–water partition coefficient (Wildman–Crippen LogP) is 2.39. The molecule has 0 aliphatic carbocycles. The smallest absolute Gasteiger partial charge is 0.395 e. The molecular weight excluding hydrogens is 512 g/mol. The van der Waals surface area contributed by atoms with Gasteiger partial charge >= 0.3 is 6.29 Å². The number of imidazole rings is 1. The first kappa shape index (κ1) is 23.8. The van der Waals surface area contributed by atoms with Crippen molar-refractivity contribution in [3.63, 3.8) is 0 Å². The van der Waals surface area contributed by atoms with Gasteiger partial charge in [-0.2, -0.15) is 5.10 Å². The highest BCUT2D eigenvalue weighted by atomic mass is 32.2. The van der Waals surface area contributed by atoms with Crippen LogP contribution in [-0.2, 0) is 16.9 Å². The normalized spacial score (nSPS) is 14.8. The van der Waals surface area contributed by atoms with E-state index in [2.05, 4.69) is 24.5 Å². The highest BCUT2D eigenvalue weighted by Gasteiger charge is 2.44. The van der Waals surface area contributed by atoms with Crippen LogP contribution in [0.3, 0.4) is 0 Å². The number of aryl methyl sites for hydroxylation is 1. The molecule has 16 heteroatoms. The van der Waals surface area contributed by atoms with Gasteiger partial charge in [-0.3, -0.25) is 4.79 Å². The van der Waals surface area contributed by atoms with Gasteiger partial charge in [0.15, 0.2) is 32.0 Å². The van der Waals surface area contributed by atoms with E-state index in [0.29, 0.717) is 5.52 Å². The van der Waals surface area contributed by atoms with E-state index in [9.17, 15) is 30.8 Å². The van der Waals surface area contributed by atoms with Gasteiger partial charge in [0, 0.05) is 25.4 Å². The van der Waals surface area contributed by atoms with Crippen molar-refractivity contribution in [2.24, 2.45) is 7.05 Å². The number of hydrogen-bond donors (Lipinski definition) is 1. The van der Waals surface area contributed by atoms with Gasteiger partial charge in [-0.25, -0.2) is 31.7 Å². The molecule has 1 aliphatic rings. The molecule has 0 fully saturated rings. The van der Waals surface area contributed by atoms with E-state index in [1.54, 1.807) is 0 Å². The number of carbonyl (C=O) groups excluding carboxylic acids is 1. The van der Waals surface area contributed by atoms with Crippen molar-refractivity contribution in [1.82, 2.24) is 29.5 Å². The maximum Gasteiger partial charge on any atom is 0.586 e. The fraction of sp³-hybridized carbons (Fsp3) is 0.300. The van der Waals surface area contributed by atoms with Crippen molar-refractivity contribution in [3.8, 4) is 22.9 Å². The lowest BCUT2D eigenvalue weighted by Gasteiger charge is -2.06. The van der Waals surface area contributed by atoms with Crippen LogP contribution in [0.5, 0.6) is 11.5 Å². The van der Waals surface area contributed by atoms with E-state index in [1.807, 2.05) is 5.32 Å². The Morgan fingerprint density at radius 3 is 2.58 bits per heavy atom. The van der Waals surface area contributed by atoms with Crippen LogP contribution >= 0.6 is 0 Å². The van der Waals surface area contributed by atoms with E-state index in [-0.39, 0.29) is 45.5 Å². The minimum Gasteiger partial charge on any atom is -0.395 e. The third kappa shape index (κ3) is 3.77. The molecule has 1 N–H and O–H groups in total. The number of fused-ring (bicyclic) bond motifs is 3. The quantitative estimate of drug-likeness (QED) is 0.378. The molecule has 4 heterocycles. The summed E-state index contributed by atoms with van der Waals surface area (Å²) in [6, 6.07) is 3.67. The molecular formula is C20H16F4N6O5S. The number of nitrogens with zero attached hydrogens (tertiary/aromatic N) is 5. The standard InChI is InChI=1S/C20H16F4N6O5S/c1-3-36(32,33)19-15(16-25-5-4-10(30(16)28-19)18(31)26-8-14(21)22)17-27-9-6-12-13(7-11(9)29(17)2)35-20(23,24)34-12/h4-7,14H,3,8H2,1-2H3,(H,26,31). The Bertz CT molecular complexity index is 1650. The van der Waals surface area contributed by atoms with Crippen LogP contribution in [0.15, 0.2) is 29.4 Å². The Kier molecular flexibility index (Phi) is 5.31. The van der Waals surface area contributed by atoms with Gasteiger partial charge in [0.05, 0.1) is 23.3 Å². The highest BCUT2D eigenvalue weighted by molar-refractivity contribution is 7.91. The van der Waals surface area contributed by atoms with Crippen molar-refractivity contribution in [2.75, 3.05) is 12.3 Å². The average molecular weight is 528 g/mol. The average Bonchev–Trinajstić information content (AvgIpc) is 3.45. The molecule has 11 nitrogen and oxygen atoms in total. The Morgan fingerprint density at radius 1 is 1.22 bits per heavy atom. The van der Waals surface area contributed by atoms with Crippen molar-refractivity contribution in [3.05, 3.63) is 30.1 Å². The van der Waals surface area contributed by atoms with E-state index >= 15 is 0 Å². The van der Waals surface area contributed by atoms with Gasteiger partial charge in [-0.15, -0.1) is 8.78 Å². The van der Waals surface area contributed by atoms with Crippen LogP contribution in [0.25, 0.3) is 28.1 Å². The number of halogens is 4. The predicted molar refractivity (Wildman–Crippen MR) is 115 cm³/mol. The molecule has 0 atom stereocenters. The first-order valence-electron chi connectivity index (χ1n) is 10.4. The fourth-order valence-corrected chi connectivity index (χ4v) is 4.74. The summed E-state index contributed by atoms with van der Waals surface area (Å²) in [5.74, 6) is -1.73. The number of alkyl halides is 4. The maximum absolute atomic E-state index is 13.5. The zero-order chi connectivity index (χ0) is 26.0. The zero-order valence-electron chi connectivity index (χ0n) is 18.5. The first-order chi connectivity index (χ1) is 16.9. The van der Waals surface area contributed by atoms with Crippen LogP contribution in [0.4, 0.5) is 17.6 Å². The van der Waals surface area contributed by atoms with Crippen LogP contribution in [0.1, 0.15) is 17.4 Å². The Hall–Kier alpha value is -3.95. The zero-order valence-corrected chi connectivity index (χ0v) is 19.3. The van der Waals surface area contributed by atoms with Gasteiger partial charge in [0.1, 0.15) is 17.1 Å². The minimum absolute atomic E-state index is 0.0418. The van der Waals surface area contributed by atoms with E-state index < -0.39 is 40.0 Å². The van der Waals surface area contributed by atoms with Crippen LogP contribution < -0.4 is 14.8 Å². The molecule has 1 amide bonds. The molecule has 190 valence electrons. The first-order valence-corrected chi connectivity index (χ1v) is 12.0. The topological polar surface area (TPSA) is 130 Å². The fourth-order valence-electron chi connectivity index (χ4n) is 3.77. The number of aromatic nitrogens is 5. The van der Waals surface area contributed by atoms with E-state index in [1.165, 1.54) is 42.9 Å². The van der Waals surface area contributed by atoms with Crippen molar-refractivity contribution >= 4 is 32.4 Å². The summed E-state index contributed by atoms with van der Waals surface area (Å²) in [6.07, 6.45) is -5.44.